The molecule has 0 saturated heterocycles. The summed E-state index contributed by atoms with van der Waals surface area (Å²) in [6, 6.07) is 20.8. The van der Waals surface area contributed by atoms with E-state index in [1.807, 2.05) is 48.5 Å². The molecule has 1 aliphatic carbocycles. The highest BCUT2D eigenvalue weighted by Crippen LogP contribution is 2.44. The van der Waals surface area contributed by atoms with Gasteiger partial charge in [-0.2, -0.15) is 13.2 Å². The molecule has 0 saturated carbocycles. The molecule has 30 heavy (non-hydrogen) atoms. The second kappa shape index (κ2) is 7.84. The molecule has 4 rings (SSSR count). The topological polar surface area (TPSA) is 58.6 Å². The number of amides is 1. The average molecular weight is 413 g/mol. The molecular formula is C23H18F3NO3. The van der Waals surface area contributed by atoms with E-state index in [-0.39, 0.29) is 18.2 Å². The van der Waals surface area contributed by atoms with Gasteiger partial charge in [-0.15, -0.1) is 0 Å². The molecule has 3 aromatic carbocycles. The summed E-state index contributed by atoms with van der Waals surface area (Å²) in [6.07, 6.45) is -8.44. The van der Waals surface area contributed by atoms with Gasteiger partial charge in [-0.3, -0.25) is 5.32 Å². The molecule has 0 spiro atoms. The number of rotatable bonds is 4. The van der Waals surface area contributed by atoms with Crippen LogP contribution in [0, 0.1) is 0 Å². The zero-order valence-corrected chi connectivity index (χ0v) is 15.7. The maximum Gasteiger partial charge on any atom is 0.418 e. The van der Waals surface area contributed by atoms with E-state index in [1.165, 1.54) is 18.2 Å². The molecule has 1 amide bonds. The van der Waals surface area contributed by atoms with Gasteiger partial charge in [0.25, 0.3) is 0 Å². The minimum absolute atomic E-state index is 0.0316. The lowest BCUT2D eigenvalue weighted by Crippen LogP contribution is -2.23. The first-order valence-electron chi connectivity index (χ1n) is 9.32. The quantitative estimate of drug-likeness (QED) is 0.582. The Labute approximate surface area is 170 Å². The number of aliphatic hydroxyl groups excluding tert-OH is 1. The molecule has 1 aliphatic rings. The second-order valence-corrected chi connectivity index (χ2v) is 6.98. The third-order valence-corrected chi connectivity index (χ3v) is 5.15. The highest BCUT2D eigenvalue weighted by Gasteiger charge is 2.40. The number of hydrogen-bond donors (Lipinski definition) is 2. The van der Waals surface area contributed by atoms with Crippen molar-refractivity contribution in [3.8, 4) is 11.1 Å². The van der Waals surface area contributed by atoms with Crippen LogP contribution in [0.25, 0.3) is 11.1 Å². The summed E-state index contributed by atoms with van der Waals surface area (Å²) in [6.45, 7) is 0.0316. The van der Waals surface area contributed by atoms with Crippen molar-refractivity contribution in [2.24, 2.45) is 0 Å². The smallest absolute Gasteiger partial charge is 0.418 e. The van der Waals surface area contributed by atoms with Crippen LogP contribution in [0.4, 0.5) is 23.7 Å². The fourth-order valence-corrected chi connectivity index (χ4v) is 3.77. The third-order valence-electron chi connectivity index (χ3n) is 5.15. The van der Waals surface area contributed by atoms with Crippen molar-refractivity contribution in [3.05, 3.63) is 89.5 Å². The number of anilines is 1. The minimum Gasteiger partial charge on any atom is -0.448 e. The number of ether oxygens (including phenoxy) is 1. The Hall–Kier alpha value is -3.32. The fraction of sp³-hybridized carbons (Fsp3) is 0.174. The van der Waals surface area contributed by atoms with Crippen molar-refractivity contribution in [1.29, 1.82) is 0 Å². The summed E-state index contributed by atoms with van der Waals surface area (Å²) in [7, 11) is 0. The summed E-state index contributed by atoms with van der Waals surface area (Å²) in [5, 5.41) is 11.9. The number of nitrogens with one attached hydrogen (secondary N) is 1. The lowest BCUT2D eigenvalue weighted by molar-refractivity contribution is -0.206. The van der Waals surface area contributed by atoms with E-state index in [0.717, 1.165) is 28.3 Å². The van der Waals surface area contributed by atoms with E-state index in [2.05, 4.69) is 5.32 Å². The molecule has 0 heterocycles. The molecule has 0 radical (unpaired) electrons. The van der Waals surface area contributed by atoms with Crippen molar-refractivity contribution in [3.63, 3.8) is 0 Å². The minimum atomic E-state index is -4.85. The summed E-state index contributed by atoms with van der Waals surface area (Å²) >= 11 is 0. The van der Waals surface area contributed by atoms with E-state index in [4.69, 9.17) is 4.74 Å². The first kappa shape index (κ1) is 20.0. The molecule has 0 bridgehead atoms. The van der Waals surface area contributed by atoms with Gasteiger partial charge in [0.05, 0.1) is 5.69 Å². The number of carbonyl (C=O) groups excluding carboxylic acids is 1. The number of halogens is 3. The molecule has 0 aliphatic heterocycles. The molecule has 7 heteroatoms. The molecule has 1 unspecified atom stereocenters. The molecule has 154 valence electrons. The molecule has 0 aromatic heterocycles. The number of benzene rings is 3. The molecule has 4 nitrogen and oxygen atoms in total. The summed E-state index contributed by atoms with van der Waals surface area (Å²) < 4.78 is 44.0. The lowest BCUT2D eigenvalue weighted by Gasteiger charge is -2.19. The maximum absolute atomic E-state index is 12.9. The summed E-state index contributed by atoms with van der Waals surface area (Å²) in [4.78, 5) is 12.3. The van der Waals surface area contributed by atoms with E-state index in [9.17, 15) is 23.1 Å². The SMILES string of the molecule is O=C(Nc1ccccc1C(O)C(F)(F)F)OCC1c2ccccc2-c2ccccc21. The van der Waals surface area contributed by atoms with E-state index < -0.39 is 23.9 Å². The number of carbonyl (C=O) groups is 1. The Balaban J connectivity index is 1.50. The number of fused-ring (bicyclic) bond motifs is 3. The van der Waals surface area contributed by atoms with Gasteiger partial charge in [0.1, 0.15) is 6.61 Å². The van der Waals surface area contributed by atoms with E-state index >= 15 is 0 Å². The Morgan fingerprint density at radius 2 is 1.47 bits per heavy atom. The van der Waals surface area contributed by atoms with Crippen LogP contribution in [0.15, 0.2) is 72.8 Å². The fourth-order valence-electron chi connectivity index (χ4n) is 3.77. The van der Waals surface area contributed by atoms with Crippen LogP contribution in [-0.2, 0) is 4.74 Å². The van der Waals surface area contributed by atoms with Gasteiger partial charge >= 0.3 is 12.3 Å². The second-order valence-electron chi connectivity index (χ2n) is 6.98. The Morgan fingerprint density at radius 3 is 2.07 bits per heavy atom. The predicted molar refractivity (Wildman–Crippen MR) is 106 cm³/mol. The Bertz CT molecular complexity index is 1040. The highest BCUT2D eigenvalue weighted by atomic mass is 19.4. The van der Waals surface area contributed by atoms with Crippen LogP contribution in [0.2, 0.25) is 0 Å². The Kier molecular flexibility index (Phi) is 5.22. The van der Waals surface area contributed by atoms with Crippen molar-refractivity contribution in [2.75, 3.05) is 11.9 Å². The van der Waals surface area contributed by atoms with Gasteiger partial charge in [0, 0.05) is 11.5 Å². The average Bonchev–Trinajstić information content (AvgIpc) is 3.05. The van der Waals surface area contributed by atoms with Gasteiger partial charge < -0.3 is 9.84 Å². The largest absolute Gasteiger partial charge is 0.448 e. The van der Waals surface area contributed by atoms with Crippen LogP contribution >= 0.6 is 0 Å². The first-order valence-corrected chi connectivity index (χ1v) is 9.32. The van der Waals surface area contributed by atoms with E-state index in [1.54, 1.807) is 0 Å². The molecule has 3 aromatic rings. The van der Waals surface area contributed by atoms with Gasteiger partial charge in [-0.25, -0.2) is 4.79 Å². The van der Waals surface area contributed by atoms with Crippen LogP contribution in [0.3, 0.4) is 0 Å². The van der Waals surface area contributed by atoms with Gasteiger partial charge in [-0.1, -0.05) is 66.7 Å². The van der Waals surface area contributed by atoms with Gasteiger partial charge in [0.2, 0.25) is 0 Å². The van der Waals surface area contributed by atoms with Gasteiger partial charge in [-0.05, 0) is 28.3 Å². The van der Waals surface area contributed by atoms with Crippen molar-refractivity contribution >= 4 is 11.8 Å². The normalized spacial score (nSPS) is 14.0. The first-order chi connectivity index (χ1) is 14.4. The Morgan fingerprint density at radius 1 is 0.933 bits per heavy atom. The zero-order chi connectivity index (χ0) is 21.3. The number of para-hydroxylation sites is 1. The highest BCUT2D eigenvalue weighted by molar-refractivity contribution is 5.86. The van der Waals surface area contributed by atoms with Gasteiger partial charge in [0.15, 0.2) is 6.10 Å². The molecule has 2 N–H and O–H groups in total. The molecule has 1 atom stereocenters. The van der Waals surface area contributed by atoms with Crippen LogP contribution in [0.1, 0.15) is 28.7 Å². The standard InChI is InChI=1S/C23H18F3NO3/c24-23(25,26)21(28)18-11-5-6-12-20(18)27-22(29)30-13-19-16-9-3-1-7-14(16)15-8-2-4-10-17(15)19/h1-12,19,21,28H,13H2,(H,27,29). The third kappa shape index (κ3) is 3.76. The van der Waals surface area contributed by atoms with Crippen LogP contribution in [0.5, 0.6) is 0 Å². The van der Waals surface area contributed by atoms with Crippen molar-refractivity contribution in [2.45, 2.75) is 18.2 Å². The summed E-state index contributed by atoms with van der Waals surface area (Å²) in [5.41, 5.74) is 3.60. The number of hydrogen-bond acceptors (Lipinski definition) is 3. The molecule has 0 fully saturated rings. The predicted octanol–water partition coefficient (Wildman–Crippen LogP) is 5.64. The zero-order valence-electron chi connectivity index (χ0n) is 15.7. The number of aliphatic hydroxyl groups is 1. The summed E-state index contributed by atoms with van der Waals surface area (Å²) in [5.74, 6) is -0.167. The number of alkyl halides is 3. The molecular weight excluding hydrogens is 395 g/mol. The van der Waals surface area contributed by atoms with Crippen molar-refractivity contribution in [1.82, 2.24) is 0 Å². The monoisotopic (exact) mass is 413 g/mol. The van der Waals surface area contributed by atoms with E-state index in [0.29, 0.717) is 0 Å². The van der Waals surface area contributed by atoms with Crippen LogP contribution < -0.4 is 5.32 Å². The maximum atomic E-state index is 12.9. The lowest BCUT2D eigenvalue weighted by atomic mass is 9.98. The van der Waals surface area contributed by atoms with Crippen LogP contribution in [-0.4, -0.2) is 24.0 Å². The van der Waals surface area contributed by atoms with Crippen molar-refractivity contribution < 1.29 is 27.8 Å².